The van der Waals surface area contributed by atoms with Crippen LogP contribution in [0.25, 0.3) is 11.1 Å². The molecule has 138 valence electrons. The summed E-state index contributed by atoms with van der Waals surface area (Å²) >= 11 is 0. The zero-order valence-corrected chi connectivity index (χ0v) is 13.2. The highest BCUT2D eigenvalue weighted by atomic mass is 16.7. The van der Waals surface area contributed by atoms with Crippen LogP contribution in [0.1, 0.15) is 11.1 Å². The fourth-order valence-corrected chi connectivity index (χ4v) is 3.50. The second kappa shape index (κ2) is 5.94. The Morgan fingerprint density at radius 3 is 1.19 bits per heavy atom. The molecule has 0 unspecified atom stereocenters. The lowest BCUT2D eigenvalue weighted by Gasteiger charge is -2.41. The lowest BCUT2D eigenvalue weighted by Crippen LogP contribution is -2.51. The lowest BCUT2D eigenvalue weighted by atomic mass is 9.73. The van der Waals surface area contributed by atoms with E-state index in [0.29, 0.717) is 0 Å². The van der Waals surface area contributed by atoms with Gasteiger partial charge in [-0.2, -0.15) is 0 Å². The van der Waals surface area contributed by atoms with Crippen LogP contribution in [0.2, 0.25) is 0 Å². The summed E-state index contributed by atoms with van der Waals surface area (Å²) in [4.78, 5) is 40.6. The average molecular weight is 372 g/mol. The van der Waals surface area contributed by atoms with Crippen LogP contribution in [-0.4, -0.2) is 19.7 Å². The zero-order valence-electron chi connectivity index (χ0n) is 13.2. The van der Waals surface area contributed by atoms with E-state index in [4.69, 9.17) is 0 Å². The predicted molar refractivity (Wildman–Crippen MR) is 87.1 cm³/mol. The third-order valence-corrected chi connectivity index (χ3v) is 4.31. The Bertz CT molecular complexity index is 884. The van der Waals surface area contributed by atoms with Crippen LogP contribution in [0.15, 0.2) is 48.5 Å². The van der Waals surface area contributed by atoms with Crippen LogP contribution in [0.4, 0.5) is 0 Å². The standard InChI is InChI=1S/C15H8N4O8/c20-16(21)13(17(22)23)15(14(18(24)25)19(26)27)11-7-3-1-5-9(11)10-6-2-4-8-12(10)15/h1-8H/q-2. The molecule has 27 heavy (non-hydrogen) atoms. The molecule has 0 heterocycles. The first-order chi connectivity index (χ1) is 12.7. The van der Waals surface area contributed by atoms with E-state index in [0.717, 1.165) is 0 Å². The first-order valence-electron chi connectivity index (χ1n) is 7.26. The largest absolute Gasteiger partial charge is 0.289 e. The average Bonchev–Trinajstić information content (AvgIpc) is 2.86. The van der Waals surface area contributed by atoms with Gasteiger partial charge in [0.25, 0.3) is 12.3 Å². The van der Waals surface area contributed by atoms with Gasteiger partial charge < -0.3 is 0 Å². The summed E-state index contributed by atoms with van der Waals surface area (Å²) in [5.41, 5.74) is -3.00. The van der Waals surface area contributed by atoms with Crippen molar-refractivity contribution in [3.05, 3.63) is 112 Å². The van der Waals surface area contributed by atoms with Crippen LogP contribution in [0.3, 0.4) is 0 Å². The van der Waals surface area contributed by atoms with Crippen molar-refractivity contribution in [3.8, 4) is 11.1 Å². The van der Waals surface area contributed by atoms with Crippen molar-refractivity contribution in [2.75, 3.05) is 0 Å². The molecule has 12 nitrogen and oxygen atoms in total. The second-order valence-electron chi connectivity index (χ2n) is 5.52. The van der Waals surface area contributed by atoms with Gasteiger partial charge in [0.05, 0.1) is 5.41 Å². The maximum atomic E-state index is 11.6. The normalized spacial score (nSPS) is 13.2. The molecule has 0 saturated heterocycles. The summed E-state index contributed by atoms with van der Waals surface area (Å²) < 4.78 is 0. The highest BCUT2D eigenvalue weighted by Gasteiger charge is 2.60. The zero-order chi connectivity index (χ0) is 19.9. The summed E-state index contributed by atoms with van der Waals surface area (Å²) in [6.07, 6.45) is -3.55. The van der Waals surface area contributed by atoms with Crippen molar-refractivity contribution < 1.29 is 19.7 Å². The Labute approximate surface area is 149 Å². The number of rotatable bonds is 6. The Hall–Kier alpha value is -4.22. The van der Waals surface area contributed by atoms with Gasteiger partial charge in [0.1, 0.15) is 0 Å². The molecule has 0 fully saturated rings. The molecule has 0 radical (unpaired) electrons. The molecule has 0 atom stereocenters. The molecule has 2 aromatic carbocycles. The van der Waals surface area contributed by atoms with Crippen molar-refractivity contribution in [2.45, 2.75) is 5.41 Å². The summed E-state index contributed by atoms with van der Waals surface area (Å²) in [5.74, 6) is 0. The van der Waals surface area contributed by atoms with E-state index in [-0.39, 0.29) is 22.3 Å². The number of hydrogen-bond acceptors (Lipinski definition) is 8. The Morgan fingerprint density at radius 1 is 0.593 bits per heavy atom. The number of nitro groups is 4. The quantitative estimate of drug-likeness (QED) is 0.420. The van der Waals surface area contributed by atoms with Gasteiger partial charge >= 0.3 is 0 Å². The van der Waals surface area contributed by atoms with Gasteiger partial charge in [-0.05, 0) is 30.8 Å². The molecule has 3 rings (SSSR count). The number of hydrogen-bond donors (Lipinski definition) is 0. The molecule has 0 saturated carbocycles. The third-order valence-electron chi connectivity index (χ3n) is 4.31. The van der Waals surface area contributed by atoms with E-state index in [2.05, 4.69) is 0 Å². The van der Waals surface area contributed by atoms with E-state index < -0.39 is 37.4 Å². The number of benzene rings is 2. The summed E-state index contributed by atoms with van der Waals surface area (Å²) in [5, 5.41) is 46.3. The van der Waals surface area contributed by atoms with Crippen molar-refractivity contribution in [1.29, 1.82) is 0 Å². The molecular formula is C15H8N4O8-2. The van der Waals surface area contributed by atoms with E-state index in [1.807, 2.05) is 0 Å². The highest BCUT2D eigenvalue weighted by Crippen LogP contribution is 2.58. The number of fused-ring (bicyclic) bond motifs is 3. The molecular weight excluding hydrogens is 364 g/mol. The van der Waals surface area contributed by atoms with E-state index >= 15 is 0 Å². The molecule has 1 aliphatic rings. The van der Waals surface area contributed by atoms with Crippen molar-refractivity contribution in [2.24, 2.45) is 0 Å². The fourth-order valence-electron chi connectivity index (χ4n) is 3.50. The monoisotopic (exact) mass is 372 g/mol. The van der Waals surface area contributed by atoms with Crippen LogP contribution < -0.4 is 0 Å². The Morgan fingerprint density at radius 2 is 0.889 bits per heavy atom. The topological polar surface area (TPSA) is 173 Å². The first kappa shape index (κ1) is 17.6. The van der Waals surface area contributed by atoms with Gasteiger partial charge in [-0.25, -0.2) is 0 Å². The van der Waals surface area contributed by atoms with Gasteiger partial charge in [0.2, 0.25) is 0 Å². The first-order valence-corrected chi connectivity index (χ1v) is 7.26. The second-order valence-corrected chi connectivity index (χ2v) is 5.52. The SMILES string of the molecule is O=[N+]([O-])[C-]([N+](=O)[O-])C1([C-]([N+](=O)[O-])[N+](=O)[O-])c2ccccc2-c2ccccc21. The van der Waals surface area contributed by atoms with Crippen molar-refractivity contribution in [3.63, 3.8) is 0 Å². The van der Waals surface area contributed by atoms with Gasteiger partial charge in [-0.1, -0.05) is 59.7 Å². The minimum Gasteiger partial charge on any atom is -0.289 e. The summed E-state index contributed by atoms with van der Waals surface area (Å²) in [6.45, 7) is 0. The molecule has 0 aromatic heterocycles. The minimum atomic E-state index is -2.88. The van der Waals surface area contributed by atoms with E-state index in [1.54, 1.807) is 0 Å². The molecule has 0 spiro atoms. The lowest BCUT2D eigenvalue weighted by molar-refractivity contribution is -0.721. The Kier molecular flexibility index (Phi) is 3.87. The van der Waals surface area contributed by atoms with Crippen LogP contribution in [0, 0.1) is 52.8 Å². The summed E-state index contributed by atoms with van der Waals surface area (Å²) in [7, 11) is 0. The van der Waals surface area contributed by atoms with Crippen LogP contribution >= 0.6 is 0 Å². The molecule has 2 aromatic rings. The minimum absolute atomic E-state index is 0.204. The van der Waals surface area contributed by atoms with Gasteiger partial charge in [0.15, 0.2) is 0 Å². The van der Waals surface area contributed by atoms with Gasteiger partial charge in [-0.3, -0.25) is 40.5 Å². The Balaban J connectivity index is 2.56. The maximum Gasteiger partial charge on any atom is 0.264 e. The molecule has 0 aliphatic heterocycles. The molecule has 0 N–H and O–H groups in total. The van der Waals surface area contributed by atoms with E-state index in [1.165, 1.54) is 48.5 Å². The van der Waals surface area contributed by atoms with Crippen LogP contribution in [0.5, 0.6) is 0 Å². The van der Waals surface area contributed by atoms with E-state index in [9.17, 15) is 40.5 Å². The van der Waals surface area contributed by atoms with Crippen molar-refractivity contribution in [1.82, 2.24) is 0 Å². The molecule has 1 aliphatic carbocycles. The van der Waals surface area contributed by atoms with Gasteiger partial charge in [-0.15, -0.1) is 0 Å². The fraction of sp³-hybridized carbons (Fsp3) is 0.0667. The summed E-state index contributed by atoms with van der Waals surface area (Å²) in [6, 6.07) is 10.9. The smallest absolute Gasteiger partial charge is 0.264 e. The number of nitrogens with zero attached hydrogens (tertiary/aromatic N) is 4. The molecule has 0 bridgehead atoms. The molecule has 0 amide bonds. The van der Waals surface area contributed by atoms with Gasteiger partial charge in [0, 0.05) is 0 Å². The van der Waals surface area contributed by atoms with Crippen LogP contribution in [-0.2, 0) is 5.41 Å². The maximum absolute atomic E-state index is 11.6. The highest BCUT2D eigenvalue weighted by molar-refractivity contribution is 5.83. The molecule has 12 heteroatoms. The third kappa shape index (κ3) is 2.23. The van der Waals surface area contributed by atoms with Crippen molar-refractivity contribution >= 4 is 0 Å². The predicted octanol–water partition coefficient (Wildman–Crippen LogP) is 2.04.